The van der Waals surface area contributed by atoms with Crippen molar-refractivity contribution in [3.05, 3.63) is 47.2 Å². The molecule has 2 heterocycles. The summed E-state index contributed by atoms with van der Waals surface area (Å²) in [7, 11) is 1.59. The summed E-state index contributed by atoms with van der Waals surface area (Å²) in [4.78, 5) is 33.2. The smallest absolute Gasteiger partial charge is 0.235 e. The van der Waals surface area contributed by atoms with E-state index in [0.717, 1.165) is 24.1 Å². The summed E-state index contributed by atoms with van der Waals surface area (Å²) in [6, 6.07) is 11.6. The van der Waals surface area contributed by atoms with Gasteiger partial charge in [-0.2, -0.15) is 5.26 Å². The normalized spacial score (nSPS) is 17.3. The van der Waals surface area contributed by atoms with Crippen LogP contribution in [0.3, 0.4) is 0 Å². The van der Waals surface area contributed by atoms with Gasteiger partial charge in [-0.3, -0.25) is 9.59 Å². The Morgan fingerprint density at radius 3 is 2.76 bits per heavy atom. The first kappa shape index (κ1) is 26.9. The number of ether oxygens (including phenoxy) is 2. The van der Waals surface area contributed by atoms with E-state index in [1.807, 2.05) is 36.1 Å². The third-order valence-corrected chi connectivity index (χ3v) is 7.08. The summed E-state index contributed by atoms with van der Waals surface area (Å²) in [5.41, 5.74) is 2.95. The summed E-state index contributed by atoms with van der Waals surface area (Å²) in [6.07, 6.45) is 2.45. The molecule has 1 unspecified atom stereocenters. The molecule has 1 saturated heterocycles. The van der Waals surface area contributed by atoms with Crippen LogP contribution in [0.25, 0.3) is 0 Å². The Hall–Kier alpha value is -3.16. The summed E-state index contributed by atoms with van der Waals surface area (Å²) in [6.45, 7) is 4.53. The molecule has 9 nitrogen and oxygen atoms in total. The number of amides is 2. The van der Waals surface area contributed by atoms with Crippen LogP contribution >= 0.6 is 15.9 Å². The highest BCUT2D eigenvalue weighted by Gasteiger charge is 2.33. The van der Waals surface area contributed by atoms with Crippen molar-refractivity contribution >= 4 is 39.2 Å². The number of nitrogens with zero attached hydrogens (tertiary/aromatic N) is 4. The molecule has 1 aromatic carbocycles. The van der Waals surface area contributed by atoms with Crippen LogP contribution in [0, 0.1) is 11.3 Å². The number of nitrogens with one attached hydrogen (secondary N) is 1. The van der Waals surface area contributed by atoms with Crippen molar-refractivity contribution in [2.45, 2.75) is 44.8 Å². The lowest BCUT2D eigenvalue weighted by atomic mass is 10.1. The number of halogens is 1. The van der Waals surface area contributed by atoms with E-state index in [2.05, 4.69) is 32.2 Å². The van der Waals surface area contributed by atoms with Gasteiger partial charge in [0, 0.05) is 50.5 Å². The van der Waals surface area contributed by atoms with Gasteiger partial charge in [0.1, 0.15) is 24.2 Å². The standard InChI is InChI=1S/C27H32BrN5O4/c1-18-16-32(9-10-33(18)25(35)8-11-36-2)27-21(15-29)13-23(26(31-27)20-6-7-20)37-17-19-4-3-5-22(12-19)30-24(34)14-28/h3-5,12-13,18,20H,6-11,14,16-17H2,1-2H3,(H,30,34). The Labute approximate surface area is 225 Å². The van der Waals surface area contributed by atoms with Crippen LogP contribution in [-0.2, 0) is 20.9 Å². The van der Waals surface area contributed by atoms with Crippen LogP contribution in [0.4, 0.5) is 11.5 Å². The van der Waals surface area contributed by atoms with E-state index < -0.39 is 0 Å². The zero-order valence-electron chi connectivity index (χ0n) is 21.2. The maximum atomic E-state index is 12.5. The number of carbonyl (C=O) groups is 2. The monoisotopic (exact) mass is 569 g/mol. The van der Waals surface area contributed by atoms with Crippen LogP contribution in [-0.4, -0.2) is 66.4 Å². The fourth-order valence-corrected chi connectivity index (χ4v) is 4.68. The Morgan fingerprint density at radius 1 is 1.27 bits per heavy atom. The molecule has 1 aromatic heterocycles. The minimum atomic E-state index is -0.123. The van der Waals surface area contributed by atoms with Crippen molar-refractivity contribution in [3.63, 3.8) is 0 Å². The Kier molecular flexibility index (Phi) is 9.00. The van der Waals surface area contributed by atoms with Crippen LogP contribution in [0.15, 0.2) is 30.3 Å². The first-order valence-corrected chi connectivity index (χ1v) is 13.6. The number of hydrogen-bond donors (Lipinski definition) is 1. The molecule has 2 amide bonds. The number of piperazine rings is 1. The molecule has 10 heteroatoms. The van der Waals surface area contributed by atoms with Crippen molar-refractivity contribution in [2.75, 3.05) is 48.9 Å². The molecular formula is C27H32BrN5O4. The molecule has 0 bridgehead atoms. The molecule has 1 N–H and O–H groups in total. The molecule has 2 fully saturated rings. The molecule has 196 valence electrons. The molecule has 1 aliphatic carbocycles. The maximum absolute atomic E-state index is 12.5. The SMILES string of the molecule is COCCC(=O)N1CCN(c2nc(C3CC3)c(OCc3cccc(NC(=O)CBr)c3)cc2C#N)CC1C. The average molecular weight is 570 g/mol. The van der Waals surface area contributed by atoms with Gasteiger partial charge in [-0.05, 0) is 37.5 Å². The van der Waals surface area contributed by atoms with E-state index in [4.69, 9.17) is 14.5 Å². The second-order valence-corrected chi connectivity index (χ2v) is 9.99. The van der Waals surface area contributed by atoms with Gasteiger partial charge in [0.2, 0.25) is 11.8 Å². The Balaban J connectivity index is 1.50. The van der Waals surface area contributed by atoms with Crippen molar-refractivity contribution in [3.8, 4) is 11.8 Å². The quantitative estimate of drug-likeness (QED) is 0.433. The number of nitriles is 1. The number of carbonyl (C=O) groups excluding carboxylic acids is 2. The van der Waals surface area contributed by atoms with Gasteiger partial charge in [-0.25, -0.2) is 4.98 Å². The summed E-state index contributed by atoms with van der Waals surface area (Å²) >= 11 is 3.15. The van der Waals surface area contributed by atoms with Gasteiger partial charge < -0.3 is 24.6 Å². The van der Waals surface area contributed by atoms with Crippen LogP contribution < -0.4 is 15.0 Å². The third kappa shape index (κ3) is 6.79. The number of hydrogen-bond acceptors (Lipinski definition) is 7. The highest BCUT2D eigenvalue weighted by molar-refractivity contribution is 9.09. The second-order valence-electron chi connectivity index (χ2n) is 9.42. The van der Waals surface area contributed by atoms with E-state index in [9.17, 15) is 14.9 Å². The average Bonchev–Trinajstić information content (AvgIpc) is 3.75. The largest absolute Gasteiger partial charge is 0.487 e. The van der Waals surface area contributed by atoms with Crippen molar-refractivity contribution in [1.82, 2.24) is 9.88 Å². The van der Waals surface area contributed by atoms with Gasteiger partial charge in [0.15, 0.2) is 0 Å². The highest BCUT2D eigenvalue weighted by Crippen LogP contribution is 2.45. The number of anilines is 2. The number of rotatable bonds is 10. The second kappa shape index (κ2) is 12.4. The van der Waals surface area contributed by atoms with Crippen LogP contribution in [0.1, 0.15) is 48.9 Å². The van der Waals surface area contributed by atoms with Gasteiger partial charge in [-0.1, -0.05) is 28.1 Å². The summed E-state index contributed by atoms with van der Waals surface area (Å²) in [5, 5.41) is 13.0. The molecule has 1 aliphatic heterocycles. The fraction of sp³-hybridized carbons (Fsp3) is 0.481. The highest BCUT2D eigenvalue weighted by atomic mass is 79.9. The lowest BCUT2D eigenvalue weighted by Crippen LogP contribution is -2.54. The number of alkyl halides is 1. The number of pyridine rings is 1. The van der Waals surface area contributed by atoms with E-state index in [-0.39, 0.29) is 23.2 Å². The Bertz CT molecular complexity index is 1180. The maximum Gasteiger partial charge on any atom is 0.235 e. The van der Waals surface area contributed by atoms with Crippen molar-refractivity contribution in [1.29, 1.82) is 5.26 Å². The molecule has 1 atom stereocenters. The van der Waals surface area contributed by atoms with Gasteiger partial charge in [0.25, 0.3) is 0 Å². The van der Waals surface area contributed by atoms with Crippen LogP contribution in [0.2, 0.25) is 0 Å². The minimum absolute atomic E-state index is 0.00376. The lowest BCUT2D eigenvalue weighted by molar-refractivity contribution is -0.134. The third-order valence-electron chi connectivity index (χ3n) is 6.57. The topological polar surface area (TPSA) is 108 Å². The predicted molar refractivity (Wildman–Crippen MR) is 144 cm³/mol. The first-order valence-electron chi connectivity index (χ1n) is 12.5. The minimum Gasteiger partial charge on any atom is -0.487 e. The van der Waals surface area contributed by atoms with E-state index in [1.54, 1.807) is 13.2 Å². The van der Waals surface area contributed by atoms with Crippen LogP contribution in [0.5, 0.6) is 5.75 Å². The number of aromatic nitrogens is 1. The molecular weight excluding hydrogens is 538 g/mol. The van der Waals surface area contributed by atoms with Crippen molar-refractivity contribution < 1.29 is 19.1 Å². The van der Waals surface area contributed by atoms with E-state index >= 15 is 0 Å². The zero-order valence-corrected chi connectivity index (χ0v) is 22.8. The van der Waals surface area contributed by atoms with Crippen molar-refractivity contribution in [2.24, 2.45) is 0 Å². The molecule has 4 rings (SSSR count). The van der Waals surface area contributed by atoms with E-state index in [0.29, 0.717) is 68.0 Å². The number of benzene rings is 1. The summed E-state index contributed by atoms with van der Waals surface area (Å²) < 4.78 is 11.2. The Morgan fingerprint density at radius 2 is 2.08 bits per heavy atom. The molecule has 0 spiro atoms. The van der Waals surface area contributed by atoms with Gasteiger partial charge in [-0.15, -0.1) is 0 Å². The first-order chi connectivity index (χ1) is 17.9. The van der Waals surface area contributed by atoms with E-state index in [1.165, 1.54) is 0 Å². The summed E-state index contributed by atoms with van der Waals surface area (Å²) in [5.74, 6) is 1.56. The number of methoxy groups -OCH3 is 1. The van der Waals surface area contributed by atoms with Gasteiger partial charge >= 0.3 is 0 Å². The lowest BCUT2D eigenvalue weighted by Gasteiger charge is -2.40. The molecule has 2 aromatic rings. The molecule has 37 heavy (non-hydrogen) atoms. The van der Waals surface area contributed by atoms with Gasteiger partial charge in [0.05, 0.1) is 29.6 Å². The molecule has 0 radical (unpaired) electrons. The molecule has 1 saturated carbocycles. The zero-order chi connectivity index (χ0) is 26.4. The molecule has 2 aliphatic rings. The fourth-order valence-electron chi connectivity index (χ4n) is 4.54. The predicted octanol–water partition coefficient (Wildman–Crippen LogP) is 3.82.